The summed E-state index contributed by atoms with van der Waals surface area (Å²) in [5.41, 5.74) is 3.00. The Hall–Kier alpha value is -1.36. The largest absolute Gasteiger partial charge is 0.338 e. The van der Waals surface area contributed by atoms with Gasteiger partial charge in [0.15, 0.2) is 0 Å². The quantitative estimate of drug-likeness (QED) is 0.847. The fourth-order valence-electron chi connectivity index (χ4n) is 5.09. The highest BCUT2D eigenvalue weighted by Gasteiger charge is 2.42. The Kier molecular flexibility index (Phi) is 4.38. The summed E-state index contributed by atoms with van der Waals surface area (Å²) >= 11 is 0. The molecule has 1 amide bonds. The van der Waals surface area contributed by atoms with Crippen LogP contribution < -0.4 is 0 Å². The molecule has 1 aromatic rings. The predicted octanol–water partition coefficient (Wildman–Crippen LogP) is 2.77. The fraction of sp³-hybridized carbons (Fsp3) is 0.800. The molecule has 1 aromatic heterocycles. The lowest BCUT2D eigenvalue weighted by atomic mass is 9.73. The summed E-state index contributed by atoms with van der Waals surface area (Å²) in [6, 6.07) is 0. The van der Waals surface area contributed by atoms with Gasteiger partial charge in [-0.2, -0.15) is 5.10 Å². The molecule has 0 bridgehead atoms. The van der Waals surface area contributed by atoms with E-state index < -0.39 is 0 Å². The first-order valence-corrected chi connectivity index (χ1v) is 9.99. The fourth-order valence-corrected chi connectivity index (χ4v) is 5.09. The maximum atomic E-state index is 13.2. The second kappa shape index (κ2) is 6.42. The van der Waals surface area contributed by atoms with E-state index in [2.05, 4.69) is 14.9 Å². The van der Waals surface area contributed by atoms with Crippen LogP contribution in [0.1, 0.15) is 60.3 Å². The molecule has 138 valence electrons. The molecule has 2 saturated heterocycles. The molecule has 0 N–H and O–H groups in total. The van der Waals surface area contributed by atoms with E-state index in [1.165, 1.54) is 51.7 Å². The number of aromatic nitrogens is 2. The Morgan fingerprint density at radius 1 is 1.16 bits per heavy atom. The lowest BCUT2D eigenvalue weighted by molar-refractivity contribution is 0.0124. The molecule has 1 unspecified atom stereocenters. The molecule has 0 radical (unpaired) electrons. The lowest BCUT2D eigenvalue weighted by Gasteiger charge is -2.48. The van der Waals surface area contributed by atoms with E-state index in [-0.39, 0.29) is 5.91 Å². The molecule has 1 aliphatic carbocycles. The zero-order valence-corrected chi connectivity index (χ0v) is 16.1. The van der Waals surface area contributed by atoms with Crippen molar-refractivity contribution < 1.29 is 4.79 Å². The number of rotatable bonds is 3. The van der Waals surface area contributed by atoms with Crippen molar-refractivity contribution in [3.05, 3.63) is 17.0 Å². The number of aryl methyl sites for hydroxylation is 2. The molecule has 1 spiro atoms. The van der Waals surface area contributed by atoms with Gasteiger partial charge in [0.2, 0.25) is 0 Å². The van der Waals surface area contributed by atoms with Crippen LogP contribution in [0, 0.1) is 25.2 Å². The number of piperidine rings is 2. The van der Waals surface area contributed by atoms with Crippen molar-refractivity contribution in [1.82, 2.24) is 19.6 Å². The van der Waals surface area contributed by atoms with Gasteiger partial charge in [-0.15, -0.1) is 0 Å². The number of amides is 1. The first-order valence-electron chi connectivity index (χ1n) is 9.99. The molecule has 4 rings (SSSR count). The highest BCUT2D eigenvalue weighted by atomic mass is 16.2. The van der Waals surface area contributed by atoms with Crippen molar-refractivity contribution in [2.24, 2.45) is 18.4 Å². The van der Waals surface area contributed by atoms with Gasteiger partial charge in [-0.05, 0) is 64.8 Å². The topological polar surface area (TPSA) is 41.4 Å². The molecule has 0 aromatic carbocycles. The summed E-state index contributed by atoms with van der Waals surface area (Å²) in [5, 5.41) is 4.44. The zero-order chi connectivity index (χ0) is 17.6. The van der Waals surface area contributed by atoms with Gasteiger partial charge in [0.1, 0.15) is 0 Å². The Bertz CT molecular complexity index is 659. The Balaban J connectivity index is 1.49. The van der Waals surface area contributed by atoms with Crippen LogP contribution in [0.4, 0.5) is 0 Å². The average Bonchev–Trinajstić information content (AvgIpc) is 3.34. The van der Waals surface area contributed by atoms with Gasteiger partial charge in [-0.3, -0.25) is 9.48 Å². The van der Waals surface area contributed by atoms with E-state index in [0.29, 0.717) is 5.41 Å². The molecule has 5 nitrogen and oxygen atoms in total. The number of hydrogen-bond acceptors (Lipinski definition) is 3. The zero-order valence-electron chi connectivity index (χ0n) is 16.1. The minimum absolute atomic E-state index is 0.196. The van der Waals surface area contributed by atoms with Crippen LogP contribution in [0.3, 0.4) is 0 Å². The van der Waals surface area contributed by atoms with Crippen molar-refractivity contribution in [1.29, 1.82) is 0 Å². The third-order valence-corrected chi connectivity index (χ3v) is 6.63. The van der Waals surface area contributed by atoms with Crippen LogP contribution in [0.25, 0.3) is 0 Å². The monoisotopic (exact) mass is 344 g/mol. The van der Waals surface area contributed by atoms with Crippen molar-refractivity contribution in [3.8, 4) is 0 Å². The number of hydrogen-bond donors (Lipinski definition) is 0. The normalized spacial score (nSPS) is 27.9. The van der Waals surface area contributed by atoms with Gasteiger partial charge < -0.3 is 9.80 Å². The molecule has 3 aliphatic rings. The van der Waals surface area contributed by atoms with Gasteiger partial charge >= 0.3 is 0 Å². The summed E-state index contributed by atoms with van der Waals surface area (Å²) < 4.78 is 1.83. The molecule has 2 aliphatic heterocycles. The second-order valence-electron chi connectivity index (χ2n) is 8.78. The first-order chi connectivity index (χ1) is 12.0. The van der Waals surface area contributed by atoms with Crippen LogP contribution in [-0.4, -0.2) is 58.2 Å². The van der Waals surface area contributed by atoms with Gasteiger partial charge in [-0.1, -0.05) is 0 Å². The smallest absolute Gasteiger partial charge is 0.257 e. The summed E-state index contributed by atoms with van der Waals surface area (Å²) in [5.74, 6) is 1.15. The lowest BCUT2D eigenvalue weighted by Crippen LogP contribution is -2.54. The van der Waals surface area contributed by atoms with Crippen LogP contribution >= 0.6 is 0 Å². The molecular formula is C20H32N4O. The number of nitrogens with zero attached hydrogens (tertiary/aromatic N) is 4. The van der Waals surface area contributed by atoms with Crippen molar-refractivity contribution >= 4 is 5.91 Å². The standard InChI is InChI=1S/C20H32N4O/c1-15-18(16(2)22(3)21-15)19(25)24-11-5-9-20(14-24)8-4-10-23(13-20)12-17-6-7-17/h17H,4-14H2,1-3H3. The minimum Gasteiger partial charge on any atom is -0.338 e. The van der Waals surface area contributed by atoms with Crippen molar-refractivity contribution in [2.75, 3.05) is 32.7 Å². The van der Waals surface area contributed by atoms with Crippen LogP contribution in [0.15, 0.2) is 0 Å². The number of carbonyl (C=O) groups is 1. The SMILES string of the molecule is Cc1nn(C)c(C)c1C(=O)N1CCCC2(CCCN(CC3CC3)C2)C1. The number of carbonyl (C=O) groups excluding carboxylic acids is 1. The highest BCUT2D eigenvalue weighted by Crippen LogP contribution is 2.40. The first kappa shape index (κ1) is 17.1. The average molecular weight is 345 g/mol. The van der Waals surface area contributed by atoms with Crippen LogP contribution in [0.2, 0.25) is 0 Å². The Labute approximate surface area is 151 Å². The summed E-state index contributed by atoms with van der Waals surface area (Å²) in [6.07, 6.45) is 7.84. The second-order valence-corrected chi connectivity index (χ2v) is 8.78. The molecule has 5 heteroatoms. The van der Waals surface area contributed by atoms with E-state index in [1.807, 2.05) is 25.6 Å². The van der Waals surface area contributed by atoms with Gasteiger partial charge in [-0.25, -0.2) is 0 Å². The molecule has 1 saturated carbocycles. The summed E-state index contributed by atoms with van der Waals surface area (Å²) in [6.45, 7) is 9.53. The third-order valence-electron chi connectivity index (χ3n) is 6.63. The van der Waals surface area contributed by atoms with Crippen LogP contribution in [-0.2, 0) is 7.05 Å². The van der Waals surface area contributed by atoms with E-state index >= 15 is 0 Å². The van der Waals surface area contributed by atoms with E-state index in [4.69, 9.17) is 0 Å². The predicted molar refractivity (Wildman–Crippen MR) is 98.7 cm³/mol. The maximum absolute atomic E-state index is 13.2. The molecule has 3 heterocycles. The summed E-state index contributed by atoms with van der Waals surface area (Å²) in [7, 11) is 1.92. The molecule has 1 atom stereocenters. The molecule has 25 heavy (non-hydrogen) atoms. The van der Waals surface area contributed by atoms with E-state index in [9.17, 15) is 4.79 Å². The Morgan fingerprint density at radius 3 is 2.52 bits per heavy atom. The molecular weight excluding hydrogens is 312 g/mol. The van der Waals surface area contributed by atoms with E-state index in [0.717, 1.165) is 42.4 Å². The third kappa shape index (κ3) is 3.35. The van der Waals surface area contributed by atoms with Gasteiger partial charge in [0, 0.05) is 44.3 Å². The Morgan fingerprint density at radius 2 is 1.88 bits per heavy atom. The van der Waals surface area contributed by atoms with Crippen molar-refractivity contribution in [3.63, 3.8) is 0 Å². The van der Waals surface area contributed by atoms with E-state index in [1.54, 1.807) is 0 Å². The number of likely N-dealkylation sites (tertiary alicyclic amines) is 2. The summed E-state index contributed by atoms with van der Waals surface area (Å²) in [4.78, 5) is 18.0. The maximum Gasteiger partial charge on any atom is 0.257 e. The van der Waals surface area contributed by atoms with Crippen LogP contribution in [0.5, 0.6) is 0 Å². The van der Waals surface area contributed by atoms with Gasteiger partial charge in [0.05, 0.1) is 11.3 Å². The van der Waals surface area contributed by atoms with Gasteiger partial charge in [0.25, 0.3) is 5.91 Å². The highest BCUT2D eigenvalue weighted by molar-refractivity contribution is 5.96. The molecule has 3 fully saturated rings. The minimum atomic E-state index is 0.196. The van der Waals surface area contributed by atoms with Crippen molar-refractivity contribution in [2.45, 2.75) is 52.4 Å².